The summed E-state index contributed by atoms with van der Waals surface area (Å²) in [5, 5.41) is 14.3. The number of aromatic nitrogens is 3. The van der Waals surface area contributed by atoms with Crippen molar-refractivity contribution in [1.29, 1.82) is 0 Å². The molecule has 1 aliphatic rings. The Bertz CT molecular complexity index is 613. The van der Waals surface area contributed by atoms with Crippen LogP contribution in [0.1, 0.15) is 23.2 Å². The summed E-state index contributed by atoms with van der Waals surface area (Å²) in [7, 11) is 1.83. The average Bonchev–Trinajstić information content (AvgIpc) is 2.95. The second kappa shape index (κ2) is 6.05. The molecule has 1 aliphatic heterocycles. The van der Waals surface area contributed by atoms with Crippen molar-refractivity contribution in [3.63, 3.8) is 0 Å². The maximum absolute atomic E-state index is 12.2. The number of nitrogens with zero attached hydrogens (tertiary/aromatic N) is 3. The second-order valence-corrected chi connectivity index (χ2v) is 5.37. The van der Waals surface area contributed by atoms with Gasteiger partial charge in [0.2, 0.25) is 0 Å². The number of hydrogen-bond acceptors (Lipinski definition) is 4. The lowest BCUT2D eigenvalue weighted by Gasteiger charge is -2.23. The number of nitrogens with one attached hydrogen (secondary N) is 2. The van der Waals surface area contributed by atoms with Gasteiger partial charge in [-0.15, -0.1) is 5.10 Å². The van der Waals surface area contributed by atoms with Gasteiger partial charge >= 0.3 is 0 Å². The number of hydrogen-bond donors (Lipinski definition) is 2. The summed E-state index contributed by atoms with van der Waals surface area (Å²) < 4.78 is 1.66. The van der Waals surface area contributed by atoms with Crippen molar-refractivity contribution in [2.75, 3.05) is 13.1 Å². The molecule has 1 amide bonds. The third-order valence-electron chi connectivity index (χ3n) is 3.68. The van der Waals surface area contributed by atoms with Gasteiger partial charge in [0.25, 0.3) is 5.91 Å². The molecule has 0 bridgehead atoms. The van der Waals surface area contributed by atoms with Gasteiger partial charge in [0.05, 0.1) is 6.20 Å². The Morgan fingerprint density at radius 1 is 1.38 bits per heavy atom. The van der Waals surface area contributed by atoms with Crippen LogP contribution in [-0.4, -0.2) is 40.0 Å². The number of carbonyl (C=O) groups is 1. The molecule has 2 N–H and O–H groups in total. The predicted octanol–water partition coefficient (Wildman–Crippen LogP) is 0.964. The van der Waals surface area contributed by atoms with Gasteiger partial charge in [-0.3, -0.25) is 9.48 Å². The Morgan fingerprint density at radius 3 is 2.81 bits per heavy atom. The summed E-state index contributed by atoms with van der Waals surface area (Å²) >= 11 is 0. The van der Waals surface area contributed by atoms with Gasteiger partial charge < -0.3 is 10.6 Å². The largest absolute Gasteiger partial charge is 0.348 e. The summed E-state index contributed by atoms with van der Waals surface area (Å²) in [5.74, 6) is -0.0191. The minimum absolute atomic E-state index is 0.0191. The molecule has 3 rings (SSSR count). The topological polar surface area (TPSA) is 71.8 Å². The molecule has 6 heteroatoms. The second-order valence-electron chi connectivity index (χ2n) is 5.37. The van der Waals surface area contributed by atoms with E-state index in [1.165, 1.54) is 0 Å². The van der Waals surface area contributed by atoms with Crippen LogP contribution in [0.25, 0.3) is 11.3 Å². The van der Waals surface area contributed by atoms with E-state index in [-0.39, 0.29) is 11.9 Å². The summed E-state index contributed by atoms with van der Waals surface area (Å²) in [4.78, 5) is 12.2. The lowest BCUT2D eigenvalue weighted by atomic mass is 10.1. The van der Waals surface area contributed by atoms with Crippen molar-refractivity contribution >= 4 is 5.91 Å². The first-order valence-electron chi connectivity index (χ1n) is 7.21. The molecule has 2 heterocycles. The van der Waals surface area contributed by atoms with Gasteiger partial charge in [-0.05, 0) is 31.5 Å². The van der Waals surface area contributed by atoms with Crippen LogP contribution in [0.5, 0.6) is 0 Å². The Hall–Kier alpha value is -2.21. The number of piperidine rings is 1. The first kappa shape index (κ1) is 13.8. The van der Waals surface area contributed by atoms with Crippen LogP contribution in [0.15, 0.2) is 30.5 Å². The van der Waals surface area contributed by atoms with E-state index in [1.54, 1.807) is 4.68 Å². The molecule has 1 aromatic carbocycles. The van der Waals surface area contributed by atoms with Gasteiger partial charge in [0.1, 0.15) is 5.69 Å². The summed E-state index contributed by atoms with van der Waals surface area (Å²) in [6, 6.07) is 7.69. The molecule has 6 nitrogen and oxygen atoms in total. The normalized spacial score (nSPS) is 18.4. The molecule has 1 atom stereocenters. The van der Waals surface area contributed by atoms with Crippen LogP contribution in [0.4, 0.5) is 0 Å². The summed E-state index contributed by atoms with van der Waals surface area (Å²) in [6.07, 6.45) is 4.00. The number of benzene rings is 1. The minimum atomic E-state index is -0.0191. The smallest absolute Gasteiger partial charge is 0.251 e. The van der Waals surface area contributed by atoms with Crippen molar-refractivity contribution in [3.05, 3.63) is 36.0 Å². The zero-order valence-electron chi connectivity index (χ0n) is 12.0. The molecule has 0 aliphatic carbocycles. The standard InChI is InChI=1S/C15H19N5O/c1-20-10-14(18-19-20)11-4-6-12(7-5-11)15(21)17-13-3-2-8-16-9-13/h4-7,10,13,16H,2-3,8-9H2,1H3,(H,17,21)/t13-/m1/s1. The van der Waals surface area contributed by atoms with E-state index in [9.17, 15) is 4.79 Å². The molecular formula is C15H19N5O. The third-order valence-corrected chi connectivity index (χ3v) is 3.68. The highest BCUT2D eigenvalue weighted by atomic mass is 16.1. The van der Waals surface area contributed by atoms with Crippen LogP contribution in [0, 0.1) is 0 Å². The number of aryl methyl sites for hydroxylation is 1. The summed E-state index contributed by atoms with van der Waals surface area (Å²) in [5.41, 5.74) is 2.44. The van der Waals surface area contributed by atoms with Crippen molar-refractivity contribution < 1.29 is 4.79 Å². The lowest BCUT2D eigenvalue weighted by molar-refractivity contribution is 0.0930. The fraction of sp³-hybridized carbons (Fsp3) is 0.400. The van der Waals surface area contributed by atoms with E-state index >= 15 is 0 Å². The fourth-order valence-corrected chi connectivity index (χ4v) is 2.52. The van der Waals surface area contributed by atoms with Crippen molar-refractivity contribution in [2.24, 2.45) is 7.05 Å². The Morgan fingerprint density at radius 2 is 2.19 bits per heavy atom. The van der Waals surface area contributed by atoms with Crippen LogP contribution in [0.2, 0.25) is 0 Å². The SMILES string of the molecule is Cn1cc(-c2ccc(C(=O)N[C@@H]3CCCNC3)cc2)nn1. The van der Waals surface area contributed by atoms with E-state index in [2.05, 4.69) is 20.9 Å². The van der Waals surface area contributed by atoms with Gasteiger partial charge in [0, 0.05) is 30.8 Å². The maximum atomic E-state index is 12.2. The van der Waals surface area contributed by atoms with E-state index in [4.69, 9.17) is 0 Å². The molecule has 0 radical (unpaired) electrons. The molecular weight excluding hydrogens is 266 g/mol. The number of amides is 1. The highest BCUT2D eigenvalue weighted by Gasteiger charge is 2.16. The van der Waals surface area contributed by atoms with Gasteiger partial charge in [0.15, 0.2) is 0 Å². The van der Waals surface area contributed by atoms with Crippen molar-refractivity contribution in [2.45, 2.75) is 18.9 Å². The zero-order valence-corrected chi connectivity index (χ0v) is 12.0. The average molecular weight is 285 g/mol. The van der Waals surface area contributed by atoms with Crippen LogP contribution in [-0.2, 0) is 7.05 Å². The van der Waals surface area contributed by atoms with Gasteiger partial charge in [-0.25, -0.2) is 0 Å². The van der Waals surface area contributed by atoms with Crippen LogP contribution in [0.3, 0.4) is 0 Å². The van der Waals surface area contributed by atoms with Gasteiger partial charge in [-0.1, -0.05) is 17.3 Å². The molecule has 110 valence electrons. The van der Waals surface area contributed by atoms with Gasteiger partial charge in [-0.2, -0.15) is 0 Å². The Labute approximate surface area is 123 Å². The van der Waals surface area contributed by atoms with E-state index in [0.29, 0.717) is 5.56 Å². The molecule has 21 heavy (non-hydrogen) atoms. The molecule has 1 fully saturated rings. The number of rotatable bonds is 3. The minimum Gasteiger partial charge on any atom is -0.348 e. The maximum Gasteiger partial charge on any atom is 0.251 e. The van der Waals surface area contributed by atoms with Crippen molar-refractivity contribution in [1.82, 2.24) is 25.6 Å². The lowest BCUT2D eigenvalue weighted by Crippen LogP contribution is -2.45. The monoisotopic (exact) mass is 285 g/mol. The highest BCUT2D eigenvalue weighted by Crippen LogP contribution is 2.16. The third kappa shape index (κ3) is 3.28. The quantitative estimate of drug-likeness (QED) is 0.881. The zero-order chi connectivity index (χ0) is 14.7. The molecule has 0 spiro atoms. The predicted molar refractivity (Wildman–Crippen MR) is 79.8 cm³/mol. The van der Waals surface area contributed by atoms with E-state index in [0.717, 1.165) is 37.2 Å². The first-order chi connectivity index (χ1) is 10.2. The van der Waals surface area contributed by atoms with Crippen molar-refractivity contribution in [3.8, 4) is 11.3 Å². The molecule has 0 unspecified atom stereocenters. The Balaban J connectivity index is 1.67. The molecule has 0 saturated carbocycles. The Kier molecular flexibility index (Phi) is 3.96. The highest BCUT2D eigenvalue weighted by molar-refractivity contribution is 5.94. The van der Waals surface area contributed by atoms with E-state index < -0.39 is 0 Å². The fourth-order valence-electron chi connectivity index (χ4n) is 2.52. The molecule has 2 aromatic rings. The van der Waals surface area contributed by atoms with Crippen LogP contribution < -0.4 is 10.6 Å². The van der Waals surface area contributed by atoms with Crippen LogP contribution >= 0.6 is 0 Å². The first-order valence-corrected chi connectivity index (χ1v) is 7.21. The number of carbonyl (C=O) groups excluding carboxylic acids is 1. The summed E-state index contributed by atoms with van der Waals surface area (Å²) in [6.45, 7) is 1.89. The van der Waals surface area contributed by atoms with E-state index in [1.807, 2.05) is 37.5 Å². The molecule has 1 saturated heterocycles. The molecule has 1 aromatic heterocycles.